The van der Waals surface area contributed by atoms with Gasteiger partial charge in [0.2, 0.25) is 0 Å². The summed E-state index contributed by atoms with van der Waals surface area (Å²) in [5.41, 5.74) is 9.14. The summed E-state index contributed by atoms with van der Waals surface area (Å²) in [6.45, 7) is 4.17. The third kappa shape index (κ3) is 5.29. The van der Waals surface area contributed by atoms with Gasteiger partial charge in [0.1, 0.15) is 18.3 Å². The fraction of sp³-hybridized carbons (Fsp3) is 0.259. The molecule has 0 fully saturated rings. The molecule has 0 amide bonds. The fourth-order valence-electron chi connectivity index (χ4n) is 4.11. The summed E-state index contributed by atoms with van der Waals surface area (Å²) >= 11 is 0. The number of nitrogens with zero attached hydrogens (tertiary/aromatic N) is 3. The van der Waals surface area contributed by atoms with Crippen LogP contribution in [0.4, 0.5) is 22.9 Å². The molecule has 1 aliphatic heterocycles. The van der Waals surface area contributed by atoms with Gasteiger partial charge in [0.05, 0.1) is 11.2 Å². The first-order chi connectivity index (χ1) is 17.1. The number of benzene rings is 3. The third-order valence-electron chi connectivity index (χ3n) is 5.91. The fourth-order valence-corrected chi connectivity index (χ4v) is 4.11. The molecule has 0 unspecified atom stereocenters. The first kappa shape index (κ1) is 22.9. The average molecular weight is 471 g/mol. The normalized spacial score (nSPS) is 13.0. The lowest BCUT2D eigenvalue weighted by molar-refractivity contribution is 0.149. The van der Waals surface area contributed by atoms with Crippen LogP contribution in [0.15, 0.2) is 60.7 Å². The molecule has 8 heteroatoms. The summed E-state index contributed by atoms with van der Waals surface area (Å²) in [5.74, 6) is 1.41. The molecule has 0 bridgehead atoms. The van der Waals surface area contributed by atoms with Crippen LogP contribution in [-0.2, 0) is 11.3 Å². The average Bonchev–Trinajstić information content (AvgIpc) is 3.23. The van der Waals surface area contributed by atoms with Crippen molar-refractivity contribution < 1.29 is 9.84 Å². The van der Waals surface area contributed by atoms with Gasteiger partial charge in [-0.2, -0.15) is 0 Å². The molecule has 4 aromatic rings. The second kappa shape index (κ2) is 10.2. The largest absolute Gasteiger partial charge is 0.508 e. The summed E-state index contributed by atoms with van der Waals surface area (Å²) in [4.78, 5) is 9.64. The lowest BCUT2D eigenvalue weighted by atomic mass is 10.1. The van der Waals surface area contributed by atoms with Gasteiger partial charge < -0.3 is 25.9 Å². The number of fused-ring (bicyclic) bond motifs is 2. The van der Waals surface area contributed by atoms with Gasteiger partial charge in [0.15, 0.2) is 5.82 Å². The Hall–Kier alpha value is -3.88. The summed E-state index contributed by atoms with van der Waals surface area (Å²) in [7, 11) is 2.01. The maximum absolute atomic E-state index is 10.1. The van der Waals surface area contributed by atoms with E-state index < -0.39 is 0 Å². The van der Waals surface area contributed by atoms with E-state index in [1.807, 2.05) is 48.5 Å². The predicted molar refractivity (Wildman–Crippen MR) is 141 cm³/mol. The van der Waals surface area contributed by atoms with Gasteiger partial charge in [0, 0.05) is 42.5 Å². The third-order valence-corrected chi connectivity index (χ3v) is 5.91. The zero-order valence-electron chi connectivity index (χ0n) is 20.0. The summed E-state index contributed by atoms with van der Waals surface area (Å²) in [6.07, 6.45) is 2.16. The molecule has 0 saturated heterocycles. The molecule has 0 spiro atoms. The number of hydrazine groups is 1. The standard InChI is InChI=1S/C27H30N6O2/c1-3-4-12-35-17-28-20-7-5-6-18(13-20)26-30-25-11-9-22(34)15-23(25)27(31-26)29-21-8-10-24-19(14-21)16-33(2)32-24/h5-11,13-15,28,32,34H,3-4,12,16-17H2,1-2H3,(H,29,30,31). The van der Waals surface area contributed by atoms with Crippen LogP contribution in [0, 0.1) is 0 Å². The monoisotopic (exact) mass is 470 g/mol. The highest BCUT2D eigenvalue weighted by Gasteiger charge is 2.16. The Morgan fingerprint density at radius 1 is 1.06 bits per heavy atom. The van der Waals surface area contributed by atoms with Crippen molar-refractivity contribution in [2.75, 3.05) is 36.4 Å². The van der Waals surface area contributed by atoms with Crippen LogP contribution < -0.4 is 16.1 Å². The number of hydrogen-bond donors (Lipinski definition) is 4. The van der Waals surface area contributed by atoms with Crippen molar-refractivity contribution in [3.05, 3.63) is 66.2 Å². The lowest BCUT2D eigenvalue weighted by Gasteiger charge is -2.13. The Balaban J connectivity index is 1.45. The van der Waals surface area contributed by atoms with Crippen LogP contribution in [-0.4, -0.2) is 40.5 Å². The minimum absolute atomic E-state index is 0.172. The van der Waals surface area contributed by atoms with Gasteiger partial charge in [-0.3, -0.25) is 0 Å². The number of nitrogens with one attached hydrogen (secondary N) is 3. The number of ether oxygens (including phenoxy) is 1. The SMILES string of the molecule is CCCCOCNc1cccc(-c2nc(Nc3ccc4c(c3)CN(C)N4)c3cc(O)ccc3n2)c1. The van der Waals surface area contributed by atoms with E-state index in [-0.39, 0.29) is 5.75 Å². The Morgan fingerprint density at radius 2 is 1.97 bits per heavy atom. The van der Waals surface area contributed by atoms with E-state index in [1.54, 1.807) is 12.1 Å². The maximum Gasteiger partial charge on any atom is 0.162 e. The molecule has 35 heavy (non-hydrogen) atoms. The molecule has 3 aromatic carbocycles. The van der Waals surface area contributed by atoms with E-state index in [4.69, 9.17) is 14.7 Å². The smallest absolute Gasteiger partial charge is 0.162 e. The number of anilines is 4. The van der Waals surface area contributed by atoms with Crippen LogP contribution in [0.3, 0.4) is 0 Å². The zero-order valence-corrected chi connectivity index (χ0v) is 20.0. The van der Waals surface area contributed by atoms with E-state index >= 15 is 0 Å². The van der Waals surface area contributed by atoms with Crippen molar-refractivity contribution in [2.24, 2.45) is 0 Å². The molecular formula is C27H30N6O2. The highest BCUT2D eigenvalue weighted by atomic mass is 16.5. The lowest BCUT2D eigenvalue weighted by Crippen LogP contribution is -2.16. The molecule has 0 atom stereocenters. The van der Waals surface area contributed by atoms with Gasteiger partial charge >= 0.3 is 0 Å². The molecule has 2 heterocycles. The Labute approximate surface area is 205 Å². The molecule has 8 nitrogen and oxygen atoms in total. The van der Waals surface area contributed by atoms with Crippen LogP contribution in [0.1, 0.15) is 25.3 Å². The van der Waals surface area contributed by atoms with Crippen LogP contribution in [0.5, 0.6) is 5.75 Å². The second-order valence-electron chi connectivity index (χ2n) is 8.73. The molecule has 1 aliphatic rings. The number of phenols is 1. The minimum atomic E-state index is 0.172. The molecule has 4 N–H and O–H groups in total. The number of aromatic hydroxyl groups is 1. The van der Waals surface area contributed by atoms with E-state index in [0.29, 0.717) is 18.4 Å². The molecule has 0 radical (unpaired) electrons. The van der Waals surface area contributed by atoms with Crippen molar-refractivity contribution in [3.8, 4) is 17.1 Å². The molecule has 1 aromatic heterocycles. The summed E-state index contributed by atoms with van der Waals surface area (Å²) < 4.78 is 5.63. The molecule has 0 aliphatic carbocycles. The van der Waals surface area contributed by atoms with Gasteiger partial charge in [-0.25, -0.2) is 15.0 Å². The Kier molecular flexibility index (Phi) is 6.65. The van der Waals surface area contributed by atoms with Crippen molar-refractivity contribution in [3.63, 3.8) is 0 Å². The predicted octanol–water partition coefficient (Wildman–Crippen LogP) is 5.70. The van der Waals surface area contributed by atoms with Crippen molar-refractivity contribution in [1.82, 2.24) is 15.0 Å². The number of hydrogen-bond acceptors (Lipinski definition) is 8. The minimum Gasteiger partial charge on any atom is -0.508 e. The number of aromatic nitrogens is 2. The summed E-state index contributed by atoms with van der Waals surface area (Å²) in [5, 5.41) is 19.7. The van der Waals surface area contributed by atoms with Crippen molar-refractivity contribution in [2.45, 2.75) is 26.3 Å². The number of phenolic OH excluding ortho intramolecular Hbond substituents is 1. The maximum atomic E-state index is 10.1. The van der Waals surface area contributed by atoms with Gasteiger partial charge in [-0.15, -0.1) is 0 Å². The highest BCUT2D eigenvalue weighted by molar-refractivity contribution is 5.93. The van der Waals surface area contributed by atoms with E-state index in [0.717, 1.165) is 59.5 Å². The molecule has 5 rings (SSSR count). The van der Waals surface area contributed by atoms with E-state index in [9.17, 15) is 5.11 Å². The van der Waals surface area contributed by atoms with E-state index in [1.165, 1.54) is 5.56 Å². The molecular weight excluding hydrogens is 440 g/mol. The first-order valence-electron chi connectivity index (χ1n) is 11.9. The van der Waals surface area contributed by atoms with Crippen molar-refractivity contribution in [1.29, 1.82) is 0 Å². The van der Waals surface area contributed by atoms with Crippen molar-refractivity contribution >= 4 is 33.8 Å². The topological polar surface area (TPSA) is 94.6 Å². The number of unbranched alkanes of at least 4 members (excludes halogenated alkanes) is 1. The van der Waals surface area contributed by atoms with Crippen LogP contribution in [0.25, 0.3) is 22.3 Å². The first-order valence-corrected chi connectivity index (χ1v) is 11.9. The quantitative estimate of drug-likeness (QED) is 0.183. The van der Waals surface area contributed by atoms with E-state index in [2.05, 4.69) is 35.1 Å². The van der Waals surface area contributed by atoms with Gasteiger partial charge in [-0.1, -0.05) is 25.5 Å². The van der Waals surface area contributed by atoms with Gasteiger partial charge in [-0.05, 0) is 60.5 Å². The molecule has 0 saturated carbocycles. The zero-order chi connectivity index (χ0) is 24.2. The van der Waals surface area contributed by atoms with Crippen LogP contribution in [0.2, 0.25) is 0 Å². The highest BCUT2D eigenvalue weighted by Crippen LogP contribution is 2.33. The summed E-state index contributed by atoms with van der Waals surface area (Å²) in [6, 6.07) is 19.3. The van der Waals surface area contributed by atoms with Gasteiger partial charge in [0.25, 0.3) is 0 Å². The second-order valence-corrected chi connectivity index (χ2v) is 8.73. The Morgan fingerprint density at radius 3 is 2.86 bits per heavy atom. The van der Waals surface area contributed by atoms with Crippen LogP contribution >= 0.6 is 0 Å². The Bertz CT molecular complexity index is 1340. The number of rotatable bonds is 9. The molecule has 180 valence electrons.